The number of piperidine rings is 1. The second kappa shape index (κ2) is 9.57. The van der Waals surface area contributed by atoms with E-state index in [0.717, 1.165) is 67.8 Å². The van der Waals surface area contributed by atoms with Gasteiger partial charge in [0.1, 0.15) is 5.75 Å². The molecular formula is C25H32ClNO3. The topological polar surface area (TPSA) is 49.8 Å². The number of carbonyl (C=O) groups is 1. The fraction of sp³-hybridized carbons (Fsp3) is 0.560. The predicted molar refractivity (Wildman–Crippen MR) is 121 cm³/mol. The maximum absolute atomic E-state index is 11.1. The van der Waals surface area contributed by atoms with Crippen LogP contribution in [0.15, 0.2) is 30.3 Å². The molecular weight excluding hydrogens is 398 g/mol. The van der Waals surface area contributed by atoms with E-state index in [-0.39, 0.29) is 18.4 Å². The molecule has 1 aliphatic carbocycles. The van der Waals surface area contributed by atoms with Gasteiger partial charge in [0.05, 0.1) is 11.1 Å². The van der Waals surface area contributed by atoms with Gasteiger partial charge in [-0.15, -0.1) is 0 Å². The monoisotopic (exact) mass is 429 g/mol. The molecule has 0 unspecified atom stereocenters. The van der Waals surface area contributed by atoms with E-state index < -0.39 is 5.97 Å². The average Bonchev–Trinajstić information content (AvgIpc) is 2.72. The number of fused-ring (bicyclic) bond motifs is 1. The van der Waals surface area contributed by atoms with Crippen LogP contribution >= 0.6 is 11.6 Å². The number of carboxylic acid groups (broad SMARTS) is 1. The van der Waals surface area contributed by atoms with Crippen molar-refractivity contribution >= 4 is 28.3 Å². The van der Waals surface area contributed by atoms with E-state index in [1.54, 1.807) is 0 Å². The lowest BCUT2D eigenvalue weighted by Gasteiger charge is -2.32. The minimum atomic E-state index is -0.695. The summed E-state index contributed by atoms with van der Waals surface area (Å²) in [6, 6.07) is 10.6. The lowest BCUT2D eigenvalue weighted by atomic mass is 9.89. The Hall–Kier alpha value is -1.78. The Balaban J connectivity index is 1.47. The van der Waals surface area contributed by atoms with Crippen molar-refractivity contribution in [2.24, 2.45) is 11.8 Å². The van der Waals surface area contributed by atoms with Gasteiger partial charge in [0, 0.05) is 24.9 Å². The third-order valence-corrected chi connectivity index (χ3v) is 7.10. The van der Waals surface area contributed by atoms with Crippen molar-refractivity contribution in [3.05, 3.63) is 40.9 Å². The van der Waals surface area contributed by atoms with Crippen LogP contribution in [0.4, 0.5) is 0 Å². The zero-order chi connectivity index (χ0) is 21.1. The van der Waals surface area contributed by atoms with Crippen molar-refractivity contribution in [3.63, 3.8) is 0 Å². The summed E-state index contributed by atoms with van der Waals surface area (Å²) >= 11 is 6.78. The van der Waals surface area contributed by atoms with E-state index in [4.69, 9.17) is 21.4 Å². The largest absolute Gasteiger partial charge is 0.489 e. The second-order valence-corrected chi connectivity index (χ2v) is 9.65. The van der Waals surface area contributed by atoms with Crippen LogP contribution in [0.1, 0.15) is 57.4 Å². The molecule has 0 amide bonds. The Kier molecular flexibility index (Phi) is 6.84. The molecule has 0 bridgehead atoms. The molecule has 1 saturated heterocycles. The van der Waals surface area contributed by atoms with Gasteiger partial charge in [-0.1, -0.05) is 36.7 Å². The Morgan fingerprint density at radius 3 is 2.70 bits per heavy atom. The number of rotatable bonds is 6. The predicted octanol–water partition coefficient (Wildman–Crippen LogP) is 6.14. The Labute approximate surface area is 184 Å². The van der Waals surface area contributed by atoms with Gasteiger partial charge in [-0.25, -0.2) is 0 Å². The van der Waals surface area contributed by atoms with Crippen LogP contribution in [0.2, 0.25) is 5.02 Å². The average molecular weight is 430 g/mol. The number of carboxylic acids is 1. The van der Waals surface area contributed by atoms with Crippen LogP contribution in [0.25, 0.3) is 10.8 Å². The summed E-state index contributed by atoms with van der Waals surface area (Å²) in [4.78, 5) is 13.4. The smallest absolute Gasteiger partial charge is 0.303 e. The lowest BCUT2D eigenvalue weighted by molar-refractivity contribution is -0.138. The van der Waals surface area contributed by atoms with Crippen molar-refractivity contribution in [2.75, 3.05) is 13.1 Å². The zero-order valence-corrected chi connectivity index (χ0v) is 18.5. The summed E-state index contributed by atoms with van der Waals surface area (Å²) in [7, 11) is 0. The molecule has 1 aliphatic heterocycles. The fourth-order valence-electron chi connectivity index (χ4n) is 4.99. The minimum absolute atomic E-state index is 0.249. The summed E-state index contributed by atoms with van der Waals surface area (Å²) < 4.78 is 6.29. The molecule has 2 fully saturated rings. The Bertz CT molecular complexity index is 891. The number of ether oxygens (including phenoxy) is 1. The molecule has 2 aromatic carbocycles. The molecule has 2 aliphatic rings. The molecule has 1 atom stereocenters. The van der Waals surface area contributed by atoms with Crippen molar-refractivity contribution in [2.45, 2.75) is 64.5 Å². The van der Waals surface area contributed by atoms with Crippen LogP contribution in [-0.2, 0) is 11.3 Å². The van der Waals surface area contributed by atoms with Crippen LogP contribution < -0.4 is 4.74 Å². The Morgan fingerprint density at radius 2 is 1.93 bits per heavy atom. The highest BCUT2D eigenvalue weighted by molar-refractivity contribution is 6.37. The molecule has 4 nitrogen and oxygen atoms in total. The van der Waals surface area contributed by atoms with Crippen LogP contribution in [0.3, 0.4) is 0 Å². The third kappa shape index (κ3) is 5.28. The van der Waals surface area contributed by atoms with Crippen LogP contribution in [-0.4, -0.2) is 35.2 Å². The third-order valence-electron chi connectivity index (χ3n) is 6.71. The van der Waals surface area contributed by atoms with E-state index in [2.05, 4.69) is 36.1 Å². The molecule has 30 heavy (non-hydrogen) atoms. The fourth-order valence-corrected chi connectivity index (χ4v) is 5.26. The normalized spacial score (nSPS) is 25.3. The first-order valence-corrected chi connectivity index (χ1v) is 11.7. The van der Waals surface area contributed by atoms with E-state index in [0.29, 0.717) is 5.02 Å². The standard InChI is InChI=1S/C25H32ClNO3/c1-17-4-9-21(10-5-17)30-23-11-8-20-7-6-19(13-22(20)25(23)26)16-27-12-2-3-18(15-27)14-24(28)29/h6-8,11,13,17-18,21H,2-5,9-10,12,14-16H2,1H3,(H,28,29)/t17-,18-,21+/m1/s1. The lowest BCUT2D eigenvalue weighted by Crippen LogP contribution is -2.35. The van der Waals surface area contributed by atoms with Crippen LogP contribution in [0.5, 0.6) is 5.75 Å². The first kappa shape index (κ1) is 21.5. The first-order chi connectivity index (χ1) is 14.5. The maximum atomic E-state index is 11.1. The van der Waals surface area contributed by atoms with E-state index in [1.807, 2.05) is 6.07 Å². The summed E-state index contributed by atoms with van der Waals surface area (Å²) in [5.74, 6) is 1.14. The summed E-state index contributed by atoms with van der Waals surface area (Å²) in [6.07, 6.45) is 7.23. The highest BCUT2D eigenvalue weighted by Gasteiger charge is 2.23. The Morgan fingerprint density at radius 1 is 1.17 bits per heavy atom. The van der Waals surface area contributed by atoms with Gasteiger partial charge in [0.15, 0.2) is 0 Å². The second-order valence-electron chi connectivity index (χ2n) is 9.27. The highest BCUT2D eigenvalue weighted by Crippen LogP contribution is 2.36. The van der Waals surface area contributed by atoms with E-state index in [9.17, 15) is 4.79 Å². The molecule has 1 heterocycles. The number of likely N-dealkylation sites (tertiary alicyclic amines) is 1. The molecule has 162 valence electrons. The molecule has 0 spiro atoms. The minimum Gasteiger partial charge on any atom is -0.489 e. The van der Waals surface area contributed by atoms with Crippen molar-refractivity contribution in [3.8, 4) is 5.75 Å². The molecule has 5 heteroatoms. The van der Waals surface area contributed by atoms with Gasteiger partial charge >= 0.3 is 5.97 Å². The number of nitrogens with zero attached hydrogens (tertiary/aromatic N) is 1. The number of hydrogen-bond donors (Lipinski definition) is 1. The first-order valence-electron chi connectivity index (χ1n) is 11.3. The molecule has 4 rings (SSSR count). The quantitative estimate of drug-likeness (QED) is 0.599. The van der Waals surface area contributed by atoms with Crippen molar-refractivity contribution in [1.82, 2.24) is 4.90 Å². The zero-order valence-electron chi connectivity index (χ0n) is 17.8. The summed E-state index contributed by atoms with van der Waals surface area (Å²) in [6.45, 7) is 5.01. The van der Waals surface area contributed by atoms with Gasteiger partial charge in [-0.3, -0.25) is 9.69 Å². The van der Waals surface area contributed by atoms with E-state index in [1.165, 1.54) is 18.4 Å². The van der Waals surface area contributed by atoms with Crippen molar-refractivity contribution < 1.29 is 14.6 Å². The molecule has 2 aromatic rings. The molecule has 0 aromatic heterocycles. The maximum Gasteiger partial charge on any atom is 0.303 e. The van der Waals surface area contributed by atoms with Gasteiger partial charge in [0.2, 0.25) is 0 Å². The van der Waals surface area contributed by atoms with E-state index >= 15 is 0 Å². The summed E-state index contributed by atoms with van der Waals surface area (Å²) in [5.41, 5.74) is 1.21. The number of benzene rings is 2. The summed E-state index contributed by atoms with van der Waals surface area (Å²) in [5, 5.41) is 12.0. The highest BCUT2D eigenvalue weighted by atomic mass is 35.5. The number of aliphatic carboxylic acids is 1. The van der Waals surface area contributed by atoms with Gasteiger partial charge in [-0.2, -0.15) is 0 Å². The molecule has 1 saturated carbocycles. The SMILES string of the molecule is C[C@H]1CC[C@@H](Oc2ccc3ccc(CN4CCC[C@H](CC(=O)O)C4)cc3c2Cl)CC1. The van der Waals surface area contributed by atoms with Gasteiger partial charge in [0.25, 0.3) is 0 Å². The molecule has 0 radical (unpaired) electrons. The van der Waals surface area contributed by atoms with Gasteiger partial charge < -0.3 is 9.84 Å². The van der Waals surface area contributed by atoms with Crippen LogP contribution in [0, 0.1) is 11.8 Å². The number of halogens is 1. The van der Waals surface area contributed by atoms with Gasteiger partial charge in [-0.05, 0) is 80.0 Å². The molecule has 1 N–H and O–H groups in total. The van der Waals surface area contributed by atoms with Crippen molar-refractivity contribution in [1.29, 1.82) is 0 Å². The number of hydrogen-bond acceptors (Lipinski definition) is 3.